The molecule has 0 spiro atoms. The summed E-state index contributed by atoms with van der Waals surface area (Å²) in [5.74, 6) is 0. The third kappa shape index (κ3) is 3.37. The van der Waals surface area contributed by atoms with E-state index in [9.17, 15) is 10.1 Å². The van der Waals surface area contributed by atoms with Gasteiger partial charge in [-0.15, -0.1) is 0 Å². The normalized spacial score (nSPS) is 10.5. The lowest BCUT2D eigenvalue weighted by Crippen LogP contribution is -1.89. The summed E-state index contributed by atoms with van der Waals surface area (Å²) in [6.07, 6.45) is 1.22. The summed E-state index contributed by atoms with van der Waals surface area (Å²) in [6.45, 7) is 1.88. The van der Waals surface area contributed by atoms with Crippen molar-refractivity contribution in [3.05, 3.63) is 56.2 Å². The van der Waals surface area contributed by atoms with Crippen molar-refractivity contribution in [1.82, 2.24) is 4.98 Å². The molecule has 0 bridgehead atoms. The molecule has 0 aliphatic heterocycles. The minimum Gasteiger partial charge on any atom is -0.258 e. The minimum atomic E-state index is -0.485. The average Bonchev–Trinajstić information content (AvgIpc) is 2.36. The predicted molar refractivity (Wildman–Crippen MR) is 76.2 cm³/mol. The van der Waals surface area contributed by atoms with Crippen LogP contribution in [0.2, 0.25) is 10.0 Å². The Morgan fingerprint density at radius 3 is 2.58 bits per heavy atom. The molecule has 1 heterocycles. The van der Waals surface area contributed by atoms with Gasteiger partial charge in [0.2, 0.25) is 0 Å². The van der Waals surface area contributed by atoms with Crippen LogP contribution in [0, 0.1) is 17.0 Å². The Bertz CT molecular complexity index is 632. The van der Waals surface area contributed by atoms with Crippen LogP contribution in [0.3, 0.4) is 0 Å². The Balaban J connectivity index is 2.26. The quantitative estimate of drug-likeness (QED) is 0.605. The number of nitro groups is 1. The van der Waals surface area contributed by atoms with Crippen LogP contribution < -0.4 is 0 Å². The molecule has 0 unspecified atom stereocenters. The van der Waals surface area contributed by atoms with Gasteiger partial charge in [-0.25, -0.2) is 4.98 Å². The van der Waals surface area contributed by atoms with Crippen molar-refractivity contribution in [2.24, 2.45) is 0 Å². The van der Waals surface area contributed by atoms with Gasteiger partial charge in [-0.3, -0.25) is 10.1 Å². The number of halogens is 2. The van der Waals surface area contributed by atoms with Crippen molar-refractivity contribution in [2.75, 3.05) is 0 Å². The maximum atomic E-state index is 10.5. The van der Waals surface area contributed by atoms with Gasteiger partial charge in [0.1, 0.15) is 11.2 Å². The Kier molecular flexibility index (Phi) is 4.29. The maximum Gasteiger partial charge on any atom is 0.287 e. The first-order valence-corrected chi connectivity index (χ1v) is 6.78. The molecule has 7 heteroatoms. The molecule has 4 nitrogen and oxygen atoms in total. The van der Waals surface area contributed by atoms with Gasteiger partial charge in [0, 0.05) is 16.0 Å². The summed E-state index contributed by atoms with van der Waals surface area (Å²) in [6, 6.07) is 6.53. The van der Waals surface area contributed by atoms with E-state index in [4.69, 9.17) is 23.2 Å². The summed E-state index contributed by atoms with van der Waals surface area (Å²) >= 11 is 13.4. The summed E-state index contributed by atoms with van der Waals surface area (Å²) < 4.78 is 0. The molecule has 0 saturated carbocycles. The van der Waals surface area contributed by atoms with E-state index < -0.39 is 4.92 Å². The number of rotatable bonds is 3. The first-order chi connectivity index (χ1) is 8.97. The highest BCUT2D eigenvalue weighted by atomic mass is 35.5. The van der Waals surface area contributed by atoms with E-state index in [2.05, 4.69) is 4.98 Å². The summed E-state index contributed by atoms with van der Waals surface area (Å²) in [5, 5.41) is 12.3. The van der Waals surface area contributed by atoms with Crippen molar-refractivity contribution in [3.63, 3.8) is 0 Å². The molecule has 1 aromatic carbocycles. The van der Waals surface area contributed by atoms with E-state index >= 15 is 0 Å². The largest absolute Gasteiger partial charge is 0.287 e. The van der Waals surface area contributed by atoms with E-state index in [0.717, 1.165) is 10.5 Å². The van der Waals surface area contributed by atoms with Gasteiger partial charge in [-0.05, 0) is 30.7 Å². The topological polar surface area (TPSA) is 56.0 Å². The summed E-state index contributed by atoms with van der Waals surface area (Å²) in [5.41, 5.74) is 0.873. The highest BCUT2D eigenvalue weighted by Gasteiger charge is 2.09. The van der Waals surface area contributed by atoms with Crippen molar-refractivity contribution < 1.29 is 4.92 Å². The molecule has 0 radical (unpaired) electrons. The Hall–Kier alpha value is -1.30. The Morgan fingerprint density at radius 2 is 2.00 bits per heavy atom. The zero-order valence-corrected chi connectivity index (χ0v) is 12.1. The molecule has 0 amide bonds. The van der Waals surface area contributed by atoms with Gasteiger partial charge in [0.05, 0.1) is 9.95 Å². The van der Waals surface area contributed by atoms with Gasteiger partial charge >= 0.3 is 0 Å². The van der Waals surface area contributed by atoms with Crippen LogP contribution in [0.15, 0.2) is 40.4 Å². The first-order valence-electron chi connectivity index (χ1n) is 5.21. The highest BCUT2D eigenvalue weighted by Crippen LogP contribution is 2.35. The van der Waals surface area contributed by atoms with E-state index in [0.29, 0.717) is 15.1 Å². The fourth-order valence-corrected chi connectivity index (χ4v) is 2.72. The lowest BCUT2D eigenvalue weighted by atomic mass is 10.2. The molecule has 1 aromatic heterocycles. The van der Waals surface area contributed by atoms with Crippen LogP contribution in [-0.2, 0) is 0 Å². The minimum absolute atomic E-state index is 0.0391. The molecule has 19 heavy (non-hydrogen) atoms. The fourth-order valence-electron chi connectivity index (χ4n) is 1.36. The zero-order valence-electron chi connectivity index (χ0n) is 9.76. The van der Waals surface area contributed by atoms with Gasteiger partial charge in [0.25, 0.3) is 5.69 Å². The molecule has 0 aliphatic rings. The number of pyridine rings is 1. The van der Waals surface area contributed by atoms with Crippen LogP contribution in [-0.4, -0.2) is 9.91 Å². The maximum absolute atomic E-state index is 10.5. The number of nitrogens with zero attached hydrogens (tertiary/aromatic N) is 2. The van der Waals surface area contributed by atoms with E-state index in [1.807, 2.05) is 13.0 Å². The van der Waals surface area contributed by atoms with Gasteiger partial charge in [0.15, 0.2) is 0 Å². The molecule has 2 rings (SSSR count). The molecule has 0 N–H and O–H groups in total. The third-order valence-corrected chi connectivity index (χ3v) is 4.20. The highest BCUT2D eigenvalue weighted by molar-refractivity contribution is 7.99. The standard InChI is InChI=1S/C12H8Cl2N2O2S/c1-7-4-11(10(14)5-9(7)13)19-12-3-2-8(6-15-12)16(17)18/h2-6H,1H3. The number of hydrogen-bond acceptors (Lipinski definition) is 4. The van der Waals surface area contributed by atoms with Crippen molar-refractivity contribution >= 4 is 40.7 Å². The van der Waals surface area contributed by atoms with E-state index in [-0.39, 0.29) is 5.69 Å². The lowest BCUT2D eigenvalue weighted by Gasteiger charge is -2.06. The van der Waals surface area contributed by atoms with Gasteiger partial charge in [-0.1, -0.05) is 35.0 Å². The SMILES string of the molecule is Cc1cc(Sc2ccc([N+](=O)[O-])cn2)c(Cl)cc1Cl. The average molecular weight is 315 g/mol. The molecular formula is C12H8Cl2N2O2S. The molecule has 98 valence electrons. The zero-order chi connectivity index (χ0) is 14.0. The van der Waals surface area contributed by atoms with Crippen molar-refractivity contribution in [2.45, 2.75) is 16.8 Å². The van der Waals surface area contributed by atoms with E-state index in [1.165, 1.54) is 24.0 Å². The molecular weight excluding hydrogens is 307 g/mol. The number of benzene rings is 1. The van der Waals surface area contributed by atoms with E-state index in [1.54, 1.807) is 12.1 Å². The van der Waals surface area contributed by atoms with Crippen LogP contribution in [0.5, 0.6) is 0 Å². The monoisotopic (exact) mass is 314 g/mol. The number of aryl methyl sites for hydroxylation is 1. The molecule has 0 fully saturated rings. The number of hydrogen-bond donors (Lipinski definition) is 0. The van der Waals surface area contributed by atoms with Crippen LogP contribution >= 0.6 is 35.0 Å². The van der Waals surface area contributed by atoms with Crippen LogP contribution in [0.4, 0.5) is 5.69 Å². The van der Waals surface area contributed by atoms with Crippen molar-refractivity contribution in [1.29, 1.82) is 0 Å². The fraction of sp³-hybridized carbons (Fsp3) is 0.0833. The van der Waals surface area contributed by atoms with Crippen molar-refractivity contribution in [3.8, 4) is 0 Å². The van der Waals surface area contributed by atoms with Gasteiger partial charge < -0.3 is 0 Å². The smallest absolute Gasteiger partial charge is 0.258 e. The molecule has 2 aromatic rings. The molecule has 0 aliphatic carbocycles. The molecule has 0 saturated heterocycles. The molecule has 0 atom stereocenters. The third-order valence-electron chi connectivity index (χ3n) is 2.36. The summed E-state index contributed by atoms with van der Waals surface area (Å²) in [4.78, 5) is 14.9. The summed E-state index contributed by atoms with van der Waals surface area (Å²) in [7, 11) is 0. The number of aromatic nitrogens is 1. The second-order valence-corrected chi connectivity index (χ2v) is 5.62. The lowest BCUT2D eigenvalue weighted by molar-refractivity contribution is -0.385. The first kappa shape index (κ1) is 14.1. The second kappa shape index (κ2) is 5.77. The van der Waals surface area contributed by atoms with Gasteiger partial charge in [-0.2, -0.15) is 0 Å². The second-order valence-electron chi connectivity index (χ2n) is 3.75. The Labute approximate surface area is 123 Å². The van der Waals surface area contributed by atoms with Crippen LogP contribution in [0.25, 0.3) is 0 Å². The Morgan fingerprint density at radius 1 is 1.26 bits per heavy atom. The van der Waals surface area contributed by atoms with Crippen LogP contribution in [0.1, 0.15) is 5.56 Å². The predicted octanol–water partition coefficient (Wildman–Crippen LogP) is 4.76.